The van der Waals surface area contributed by atoms with Gasteiger partial charge in [-0.1, -0.05) is 42.5 Å². The van der Waals surface area contributed by atoms with E-state index in [1.165, 1.54) is 16.5 Å². The highest BCUT2D eigenvalue weighted by Crippen LogP contribution is 2.02. The fraction of sp³-hybridized carbons (Fsp3) is 0.350. The number of quaternary nitrogens is 1. The van der Waals surface area contributed by atoms with Crippen LogP contribution >= 0.6 is 12.2 Å². The van der Waals surface area contributed by atoms with Crippen molar-refractivity contribution in [3.63, 3.8) is 0 Å². The Hall–Kier alpha value is -1.98. The van der Waals surface area contributed by atoms with E-state index in [-0.39, 0.29) is 5.82 Å². The summed E-state index contributed by atoms with van der Waals surface area (Å²) >= 11 is 5.53. The lowest BCUT2D eigenvalue weighted by atomic mass is 10.1. The molecule has 2 N–H and O–H groups in total. The predicted molar refractivity (Wildman–Crippen MR) is 103 cm³/mol. The lowest BCUT2D eigenvalue weighted by Crippen LogP contribution is -3.13. The van der Waals surface area contributed by atoms with E-state index < -0.39 is 0 Å². The minimum atomic E-state index is -0.153. The zero-order valence-corrected chi connectivity index (χ0v) is 15.2. The number of hydrogen-bond donors (Lipinski definition) is 2. The maximum Gasteiger partial charge on any atom is 0.169 e. The zero-order chi connectivity index (χ0) is 17.5. The SMILES string of the molecule is Fc1cccc(C[NH+]2CCN(C(=S)NCCc3ccccc3)CC2)c1. The van der Waals surface area contributed by atoms with Crippen LogP contribution in [0.15, 0.2) is 54.6 Å². The molecule has 0 radical (unpaired) electrons. The molecule has 0 bridgehead atoms. The number of nitrogens with zero attached hydrogens (tertiary/aromatic N) is 1. The Bertz CT molecular complexity index is 684. The molecule has 132 valence electrons. The van der Waals surface area contributed by atoms with Crippen molar-refractivity contribution in [2.75, 3.05) is 32.7 Å². The van der Waals surface area contributed by atoms with Gasteiger partial charge < -0.3 is 15.1 Å². The summed E-state index contributed by atoms with van der Waals surface area (Å²) in [6, 6.07) is 17.4. The fourth-order valence-electron chi connectivity index (χ4n) is 3.21. The van der Waals surface area contributed by atoms with Crippen LogP contribution in [0, 0.1) is 5.82 Å². The summed E-state index contributed by atoms with van der Waals surface area (Å²) < 4.78 is 13.3. The van der Waals surface area contributed by atoms with E-state index in [1.807, 2.05) is 12.1 Å². The van der Waals surface area contributed by atoms with Crippen LogP contribution in [0.2, 0.25) is 0 Å². The fourth-order valence-corrected chi connectivity index (χ4v) is 3.49. The minimum Gasteiger partial charge on any atom is -0.362 e. The Kier molecular flexibility index (Phi) is 6.36. The average molecular weight is 359 g/mol. The Labute approximate surface area is 154 Å². The van der Waals surface area contributed by atoms with Gasteiger partial charge in [0.15, 0.2) is 5.11 Å². The van der Waals surface area contributed by atoms with Gasteiger partial charge in [0.2, 0.25) is 0 Å². The highest BCUT2D eigenvalue weighted by atomic mass is 32.1. The first-order valence-corrected chi connectivity index (χ1v) is 9.26. The number of piperazine rings is 1. The zero-order valence-electron chi connectivity index (χ0n) is 14.4. The van der Waals surface area contributed by atoms with E-state index in [9.17, 15) is 4.39 Å². The van der Waals surface area contributed by atoms with Crippen LogP contribution in [-0.2, 0) is 13.0 Å². The maximum absolute atomic E-state index is 13.3. The van der Waals surface area contributed by atoms with Gasteiger partial charge in [0.05, 0.1) is 26.2 Å². The molecule has 1 fully saturated rings. The third-order valence-electron chi connectivity index (χ3n) is 4.63. The summed E-state index contributed by atoms with van der Waals surface area (Å²) in [5.74, 6) is -0.153. The predicted octanol–water partition coefficient (Wildman–Crippen LogP) is 1.64. The molecule has 5 heteroatoms. The van der Waals surface area contributed by atoms with Crippen molar-refractivity contribution in [3.05, 3.63) is 71.5 Å². The Balaban J connectivity index is 1.38. The van der Waals surface area contributed by atoms with Crippen LogP contribution in [0.25, 0.3) is 0 Å². The highest BCUT2D eigenvalue weighted by Gasteiger charge is 2.21. The first-order valence-electron chi connectivity index (χ1n) is 8.85. The van der Waals surface area contributed by atoms with Crippen molar-refractivity contribution in [3.8, 4) is 0 Å². The molecule has 1 heterocycles. The normalized spacial score (nSPS) is 15.2. The van der Waals surface area contributed by atoms with Gasteiger partial charge in [-0.15, -0.1) is 0 Å². The highest BCUT2D eigenvalue weighted by molar-refractivity contribution is 7.80. The van der Waals surface area contributed by atoms with Gasteiger partial charge in [-0.2, -0.15) is 0 Å². The topological polar surface area (TPSA) is 19.7 Å². The van der Waals surface area contributed by atoms with Crippen molar-refractivity contribution in [1.29, 1.82) is 0 Å². The van der Waals surface area contributed by atoms with Crippen LogP contribution in [0.4, 0.5) is 4.39 Å². The lowest BCUT2D eigenvalue weighted by molar-refractivity contribution is -0.917. The Morgan fingerprint density at radius 2 is 1.76 bits per heavy atom. The lowest BCUT2D eigenvalue weighted by Gasteiger charge is -2.34. The van der Waals surface area contributed by atoms with Gasteiger partial charge in [-0.05, 0) is 36.3 Å². The number of benzene rings is 2. The van der Waals surface area contributed by atoms with Crippen molar-refractivity contribution in [2.24, 2.45) is 0 Å². The van der Waals surface area contributed by atoms with Crippen molar-refractivity contribution < 1.29 is 9.29 Å². The number of halogens is 1. The summed E-state index contributed by atoms with van der Waals surface area (Å²) in [4.78, 5) is 3.73. The van der Waals surface area contributed by atoms with E-state index in [0.29, 0.717) is 0 Å². The summed E-state index contributed by atoms with van der Waals surface area (Å²) in [7, 11) is 0. The molecule has 0 aliphatic carbocycles. The molecule has 0 atom stereocenters. The smallest absolute Gasteiger partial charge is 0.169 e. The van der Waals surface area contributed by atoms with E-state index in [0.717, 1.165) is 56.4 Å². The summed E-state index contributed by atoms with van der Waals surface area (Å²) in [6.07, 6.45) is 0.978. The second-order valence-corrected chi connectivity index (χ2v) is 6.90. The molecule has 2 aromatic rings. The molecule has 1 aliphatic heterocycles. The summed E-state index contributed by atoms with van der Waals surface area (Å²) in [6.45, 7) is 5.68. The second-order valence-electron chi connectivity index (χ2n) is 6.51. The monoisotopic (exact) mass is 358 g/mol. The van der Waals surface area contributed by atoms with Gasteiger partial charge in [-0.3, -0.25) is 0 Å². The molecular weight excluding hydrogens is 333 g/mol. The molecule has 3 nitrogen and oxygen atoms in total. The average Bonchev–Trinajstić information content (AvgIpc) is 2.63. The van der Waals surface area contributed by atoms with Crippen molar-refractivity contribution >= 4 is 17.3 Å². The molecule has 3 rings (SSSR count). The van der Waals surface area contributed by atoms with Crippen molar-refractivity contribution in [1.82, 2.24) is 10.2 Å². The molecule has 1 saturated heterocycles. The number of thiocarbonyl (C=S) groups is 1. The van der Waals surface area contributed by atoms with E-state index in [1.54, 1.807) is 12.1 Å². The number of hydrogen-bond acceptors (Lipinski definition) is 1. The minimum absolute atomic E-state index is 0.153. The van der Waals surface area contributed by atoms with Crippen LogP contribution in [-0.4, -0.2) is 42.7 Å². The molecule has 1 aliphatic rings. The first-order chi connectivity index (χ1) is 12.2. The molecule has 0 unspecified atom stereocenters. The van der Waals surface area contributed by atoms with Crippen molar-refractivity contribution in [2.45, 2.75) is 13.0 Å². The second kappa shape index (κ2) is 8.92. The molecule has 0 amide bonds. The summed E-state index contributed by atoms with van der Waals surface area (Å²) in [5.41, 5.74) is 2.38. The molecule has 25 heavy (non-hydrogen) atoms. The van der Waals surface area contributed by atoms with Gasteiger partial charge in [0, 0.05) is 12.1 Å². The summed E-state index contributed by atoms with van der Waals surface area (Å²) in [5, 5.41) is 4.22. The maximum atomic E-state index is 13.3. The van der Waals surface area contributed by atoms with Crippen LogP contribution in [0.5, 0.6) is 0 Å². The largest absolute Gasteiger partial charge is 0.362 e. The molecular formula is C20H25FN3S+. The first kappa shape index (κ1) is 17.8. The van der Waals surface area contributed by atoms with Gasteiger partial charge in [0.25, 0.3) is 0 Å². The molecule has 0 spiro atoms. The number of nitrogens with one attached hydrogen (secondary N) is 2. The van der Waals surface area contributed by atoms with E-state index in [4.69, 9.17) is 12.2 Å². The van der Waals surface area contributed by atoms with Crippen LogP contribution in [0.1, 0.15) is 11.1 Å². The molecule has 0 saturated carbocycles. The Morgan fingerprint density at radius 3 is 2.48 bits per heavy atom. The third kappa shape index (κ3) is 5.51. The van der Waals surface area contributed by atoms with Crippen LogP contribution < -0.4 is 10.2 Å². The molecule has 2 aromatic carbocycles. The van der Waals surface area contributed by atoms with Crippen LogP contribution in [0.3, 0.4) is 0 Å². The number of rotatable bonds is 5. The van der Waals surface area contributed by atoms with E-state index >= 15 is 0 Å². The third-order valence-corrected chi connectivity index (χ3v) is 5.04. The van der Waals surface area contributed by atoms with Gasteiger partial charge >= 0.3 is 0 Å². The quantitative estimate of drug-likeness (QED) is 0.793. The molecule has 0 aromatic heterocycles. The van der Waals surface area contributed by atoms with Gasteiger partial charge in [-0.25, -0.2) is 4.39 Å². The Morgan fingerprint density at radius 1 is 1.04 bits per heavy atom. The van der Waals surface area contributed by atoms with E-state index in [2.05, 4.69) is 34.5 Å². The van der Waals surface area contributed by atoms with Gasteiger partial charge in [0.1, 0.15) is 12.4 Å². The standard InChI is InChI=1S/C20H24FN3S/c21-19-8-4-7-18(15-19)16-23-11-13-24(14-12-23)20(25)22-10-9-17-5-2-1-3-6-17/h1-8,15H,9-14,16H2,(H,22,25)/p+1.